The molecule has 1 heterocycles. The van der Waals surface area contributed by atoms with E-state index in [0.717, 1.165) is 31.9 Å². The van der Waals surface area contributed by atoms with Crippen molar-refractivity contribution in [2.75, 3.05) is 38.6 Å². The van der Waals surface area contributed by atoms with E-state index >= 15 is 0 Å². The highest BCUT2D eigenvalue weighted by Crippen LogP contribution is 2.20. The van der Waals surface area contributed by atoms with Crippen LogP contribution in [0.15, 0.2) is 35.3 Å². The van der Waals surface area contributed by atoms with Gasteiger partial charge in [-0.3, -0.25) is 4.79 Å². The predicted molar refractivity (Wildman–Crippen MR) is 117 cm³/mol. The van der Waals surface area contributed by atoms with Gasteiger partial charge in [-0.1, -0.05) is 18.2 Å². The Bertz CT molecular complexity index is 595. The van der Waals surface area contributed by atoms with Crippen molar-refractivity contribution >= 4 is 41.5 Å². The third kappa shape index (κ3) is 6.34. The highest BCUT2D eigenvalue weighted by molar-refractivity contribution is 14.0. The molecule has 144 valence electrons. The number of hydrogen-bond donors (Lipinski definition) is 2. The van der Waals surface area contributed by atoms with Crippen LogP contribution in [0.25, 0.3) is 0 Å². The van der Waals surface area contributed by atoms with Gasteiger partial charge in [-0.05, 0) is 37.8 Å². The number of para-hydroxylation sites is 1. The molecule has 1 amide bonds. The fraction of sp³-hybridized carbons (Fsp3) is 0.579. The smallest absolute Gasteiger partial charge is 0.243 e. The van der Waals surface area contributed by atoms with Crippen molar-refractivity contribution in [2.24, 2.45) is 4.99 Å². The number of anilines is 1. The van der Waals surface area contributed by atoms with Crippen LogP contribution in [0.4, 0.5) is 5.69 Å². The summed E-state index contributed by atoms with van der Waals surface area (Å²) in [6, 6.07) is 11.5. The van der Waals surface area contributed by atoms with Crippen LogP contribution in [0.2, 0.25) is 0 Å². The van der Waals surface area contributed by atoms with Gasteiger partial charge < -0.3 is 20.4 Å². The fourth-order valence-corrected chi connectivity index (χ4v) is 2.96. The van der Waals surface area contributed by atoms with Gasteiger partial charge in [0.2, 0.25) is 5.91 Å². The summed E-state index contributed by atoms with van der Waals surface area (Å²) < 4.78 is 0. The van der Waals surface area contributed by atoms with Gasteiger partial charge >= 0.3 is 0 Å². The third-order valence-corrected chi connectivity index (χ3v) is 4.75. The lowest BCUT2D eigenvalue weighted by molar-refractivity contribution is -0.127. The maximum Gasteiger partial charge on any atom is 0.243 e. The molecule has 0 aromatic heterocycles. The minimum Gasteiger partial charge on any atom is -0.371 e. The van der Waals surface area contributed by atoms with Crippen molar-refractivity contribution in [3.05, 3.63) is 30.3 Å². The second-order valence-electron chi connectivity index (χ2n) is 7.11. The summed E-state index contributed by atoms with van der Waals surface area (Å²) in [4.78, 5) is 20.3. The maximum absolute atomic E-state index is 11.8. The van der Waals surface area contributed by atoms with Crippen LogP contribution in [0.3, 0.4) is 0 Å². The molecule has 1 aliphatic heterocycles. The molecule has 2 fully saturated rings. The zero-order chi connectivity index (χ0) is 17.6. The molecule has 0 bridgehead atoms. The van der Waals surface area contributed by atoms with Crippen molar-refractivity contribution in [3.8, 4) is 0 Å². The Morgan fingerprint density at radius 3 is 2.19 bits per heavy atom. The second kappa shape index (κ2) is 9.99. The zero-order valence-corrected chi connectivity index (χ0v) is 18.0. The van der Waals surface area contributed by atoms with Gasteiger partial charge in [0.1, 0.15) is 6.54 Å². The first-order valence-corrected chi connectivity index (χ1v) is 9.19. The van der Waals surface area contributed by atoms with E-state index < -0.39 is 0 Å². The number of nitrogens with one attached hydrogen (secondary N) is 2. The lowest BCUT2D eigenvalue weighted by atomic mass is 10.0. The molecule has 1 saturated heterocycles. The number of nitrogens with zero attached hydrogens (tertiary/aromatic N) is 3. The number of benzene rings is 1. The Balaban J connectivity index is 0.00000243. The van der Waals surface area contributed by atoms with Crippen LogP contribution in [0, 0.1) is 0 Å². The number of aliphatic imine (C=N–C) groups is 1. The van der Waals surface area contributed by atoms with Crippen LogP contribution in [-0.4, -0.2) is 62.6 Å². The van der Waals surface area contributed by atoms with Crippen molar-refractivity contribution in [1.29, 1.82) is 0 Å². The van der Waals surface area contributed by atoms with Crippen molar-refractivity contribution in [1.82, 2.24) is 15.5 Å². The Labute approximate surface area is 173 Å². The van der Waals surface area contributed by atoms with Gasteiger partial charge in [0.05, 0.1) is 0 Å². The van der Waals surface area contributed by atoms with Crippen molar-refractivity contribution in [3.63, 3.8) is 0 Å². The van der Waals surface area contributed by atoms with E-state index in [9.17, 15) is 4.79 Å². The molecular weight excluding hydrogens is 441 g/mol. The summed E-state index contributed by atoms with van der Waals surface area (Å²) in [5.74, 6) is 0.812. The average molecular weight is 471 g/mol. The van der Waals surface area contributed by atoms with E-state index in [1.54, 1.807) is 19.0 Å². The van der Waals surface area contributed by atoms with Crippen LogP contribution in [-0.2, 0) is 4.79 Å². The highest BCUT2D eigenvalue weighted by Gasteiger charge is 2.25. The minimum atomic E-state index is 0. The van der Waals surface area contributed by atoms with Gasteiger partial charge in [-0.2, -0.15) is 0 Å². The molecule has 0 unspecified atom stereocenters. The summed E-state index contributed by atoms with van der Waals surface area (Å²) in [5.41, 5.74) is 1.29. The van der Waals surface area contributed by atoms with Gasteiger partial charge in [0.15, 0.2) is 5.96 Å². The van der Waals surface area contributed by atoms with E-state index in [-0.39, 0.29) is 36.4 Å². The summed E-state index contributed by atoms with van der Waals surface area (Å²) in [7, 11) is 3.52. The van der Waals surface area contributed by atoms with E-state index in [2.05, 4.69) is 50.9 Å². The molecule has 0 radical (unpaired) electrons. The largest absolute Gasteiger partial charge is 0.371 e. The first kappa shape index (κ1) is 20.8. The SMILES string of the molecule is CN(C)C(=O)CN=C(NC1CC1)NC1CCN(c2ccccc2)CC1.I. The van der Waals surface area contributed by atoms with E-state index in [1.807, 2.05) is 0 Å². The number of carbonyl (C=O) groups is 1. The van der Waals surface area contributed by atoms with Crippen LogP contribution >= 0.6 is 24.0 Å². The number of hydrogen-bond acceptors (Lipinski definition) is 3. The highest BCUT2D eigenvalue weighted by atomic mass is 127. The number of carbonyl (C=O) groups excluding carboxylic acids is 1. The van der Waals surface area contributed by atoms with Crippen LogP contribution in [0.1, 0.15) is 25.7 Å². The molecule has 2 aliphatic rings. The Morgan fingerprint density at radius 1 is 1.08 bits per heavy atom. The maximum atomic E-state index is 11.8. The average Bonchev–Trinajstić information content (AvgIpc) is 3.44. The topological polar surface area (TPSA) is 60.0 Å². The molecule has 0 atom stereocenters. The number of likely N-dealkylation sites (N-methyl/N-ethyl adjacent to an activating group) is 1. The van der Waals surface area contributed by atoms with E-state index in [4.69, 9.17) is 0 Å². The van der Waals surface area contributed by atoms with Gasteiger partial charge in [0, 0.05) is 45.0 Å². The van der Waals surface area contributed by atoms with E-state index in [1.165, 1.54) is 18.5 Å². The Hall–Kier alpha value is -1.51. The monoisotopic (exact) mass is 471 g/mol. The Morgan fingerprint density at radius 2 is 1.65 bits per heavy atom. The molecule has 2 N–H and O–H groups in total. The molecule has 1 aromatic rings. The van der Waals surface area contributed by atoms with Gasteiger partial charge in [-0.15, -0.1) is 24.0 Å². The normalized spacial score (nSPS) is 18.1. The predicted octanol–water partition coefficient (Wildman–Crippen LogP) is 2.06. The molecule has 1 saturated carbocycles. The molecule has 26 heavy (non-hydrogen) atoms. The van der Waals surface area contributed by atoms with Crippen molar-refractivity contribution in [2.45, 2.75) is 37.8 Å². The Kier molecular flexibility index (Phi) is 7.99. The minimum absolute atomic E-state index is 0. The molecular formula is C19H30IN5O. The molecule has 1 aliphatic carbocycles. The van der Waals surface area contributed by atoms with Crippen molar-refractivity contribution < 1.29 is 4.79 Å². The van der Waals surface area contributed by atoms with Crippen LogP contribution < -0.4 is 15.5 Å². The number of halogens is 1. The number of amides is 1. The summed E-state index contributed by atoms with van der Waals surface area (Å²) in [6.45, 7) is 2.27. The lowest BCUT2D eigenvalue weighted by Crippen LogP contribution is -2.49. The fourth-order valence-electron chi connectivity index (χ4n) is 2.96. The molecule has 3 rings (SSSR count). The second-order valence-corrected chi connectivity index (χ2v) is 7.11. The number of piperidine rings is 1. The molecule has 7 heteroatoms. The summed E-state index contributed by atoms with van der Waals surface area (Å²) in [5, 5.41) is 6.97. The van der Waals surface area contributed by atoms with Gasteiger partial charge in [0.25, 0.3) is 0 Å². The molecule has 0 spiro atoms. The lowest BCUT2D eigenvalue weighted by Gasteiger charge is -2.34. The van der Waals surface area contributed by atoms with Crippen LogP contribution in [0.5, 0.6) is 0 Å². The summed E-state index contributed by atoms with van der Waals surface area (Å²) in [6.07, 6.45) is 4.52. The number of rotatable bonds is 5. The van der Waals surface area contributed by atoms with Gasteiger partial charge in [-0.25, -0.2) is 4.99 Å². The molecule has 6 nitrogen and oxygen atoms in total. The first-order chi connectivity index (χ1) is 12.1. The third-order valence-electron chi connectivity index (χ3n) is 4.75. The first-order valence-electron chi connectivity index (χ1n) is 9.19. The molecule has 1 aromatic carbocycles. The van der Waals surface area contributed by atoms with E-state index in [0.29, 0.717) is 12.1 Å². The zero-order valence-electron chi connectivity index (χ0n) is 15.6. The number of guanidine groups is 1. The summed E-state index contributed by atoms with van der Waals surface area (Å²) >= 11 is 0. The standard InChI is InChI=1S/C19H29N5O.HI/c1-23(2)18(25)14-20-19(21-15-8-9-15)22-16-10-12-24(13-11-16)17-6-4-3-5-7-17;/h3-7,15-16H,8-14H2,1-2H3,(H2,20,21,22);1H. The quantitative estimate of drug-likeness (QED) is 0.392.